The second kappa shape index (κ2) is 8.35. The minimum atomic E-state index is -0.456. The average Bonchev–Trinajstić information content (AvgIpc) is 3.34. The summed E-state index contributed by atoms with van der Waals surface area (Å²) in [4.78, 5) is 27.5. The Bertz CT molecular complexity index is 1240. The predicted octanol–water partition coefficient (Wildman–Crippen LogP) is 4.20. The average molecular weight is 415 g/mol. The first kappa shape index (κ1) is 20.2. The first-order valence-corrected chi connectivity index (χ1v) is 9.80. The Kier molecular flexibility index (Phi) is 5.44. The van der Waals surface area contributed by atoms with Gasteiger partial charge in [0.2, 0.25) is 0 Å². The largest absolute Gasteiger partial charge is 0.344 e. The Labute approximate surface area is 178 Å². The molecule has 0 aliphatic heterocycles. The number of rotatable bonds is 7. The van der Waals surface area contributed by atoms with Crippen LogP contribution < -0.4 is 0 Å². The van der Waals surface area contributed by atoms with Crippen LogP contribution in [0.2, 0.25) is 0 Å². The lowest BCUT2D eigenvalue weighted by molar-refractivity contribution is -0.384. The maximum absolute atomic E-state index is 12.9. The van der Waals surface area contributed by atoms with Crippen LogP contribution in [0.3, 0.4) is 0 Å². The number of hydrogen-bond donors (Lipinski definition) is 0. The topological polar surface area (TPSA) is 95.8 Å². The van der Waals surface area contributed by atoms with Crippen molar-refractivity contribution in [3.8, 4) is 11.4 Å². The summed E-state index contributed by atoms with van der Waals surface area (Å²) in [5, 5.41) is 15.2. The Balaban J connectivity index is 1.50. The number of carbonyl (C=O) groups excluding carboxylic acids is 1. The highest BCUT2D eigenvalue weighted by Crippen LogP contribution is 2.20. The van der Waals surface area contributed by atoms with Crippen molar-refractivity contribution in [2.45, 2.75) is 26.9 Å². The van der Waals surface area contributed by atoms with Crippen molar-refractivity contribution in [2.75, 3.05) is 0 Å². The molecule has 156 valence electrons. The summed E-state index contributed by atoms with van der Waals surface area (Å²) >= 11 is 0. The summed E-state index contributed by atoms with van der Waals surface area (Å²) in [5.41, 5.74) is 4.44. The number of aromatic nitrogens is 4. The molecule has 0 atom stereocenters. The lowest BCUT2D eigenvalue weighted by Crippen LogP contribution is -2.12. The molecule has 0 amide bonds. The van der Waals surface area contributed by atoms with E-state index in [1.807, 2.05) is 38.1 Å². The number of ketones is 1. The van der Waals surface area contributed by atoms with E-state index < -0.39 is 4.92 Å². The van der Waals surface area contributed by atoms with Crippen LogP contribution in [-0.4, -0.2) is 30.0 Å². The Hall–Kier alpha value is -4.07. The lowest BCUT2D eigenvalue weighted by atomic mass is 10.1. The van der Waals surface area contributed by atoms with Gasteiger partial charge in [-0.1, -0.05) is 30.3 Å². The van der Waals surface area contributed by atoms with Crippen LogP contribution in [0, 0.1) is 24.0 Å². The molecule has 2 aromatic carbocycles. The molecular weight excluding hydrogens is 394 g/mol. The summed E-state index contributed by atoms with van der Waals surface area (Å²) in [5.74, 6) is 0.366. The van der Waals surface area contributed by atoms with Crippen molar-refractivity contribution in [3.05, 3.63) is 99.6 Å². The molecule has 4 rings (SSSR count). The van der Waals surface area contributed by atoms with E-state index in [1.54, 1.807) is 12.1 Å². The number of nitro benzene ring substituents is 1. The summed E-state index contributed by atoms with van der Waals surface area (Å²) < 4.78 is 3.62. The molecule has 0 aliphatic carbocycles. The molecule has 2 aromatic heterocycles. The van der Waals surface area contributed by atoms with Crippen molar-refractivity contribution < 1.29 is 9.72 Å². The van der Waals surface area contributed by atoms with E-state index in [0.29, 0.717) is 23.5 Å². The number of Topliss-reactive ketones (excluding diaryl/α,β-unsaturated/α-hetero) is 1. The minimum absolute atomic E-state index is 0.00391. The van der Waals surface area contributed by atoms with E-state index in [9.17, 15) is 14.9 Å². The molecule has 0 N–H and O–H groups in total. The SMILES string of the molecule is Cc1cc(C(=O)Cn2cnc(-c3ccc([N+](=O)[O-])cc3)n2)c(C)n1Cc1ccccc1. The molecular formula is C23H21N5O3. The molecule has 8 nitrogen and oxygen atoms in total. The van der Waals surface area contributed by atoms with Gasteiger partial charge in [-0.2, -0.15) is 5.10 Å². The number of benzene rings is 2. The quantitative estimate of drug-likeness (QED) is 0.256. The molecule has 31 heavy (non-hydrogen) atoms. The standard InChI is InChI=1S/C23H21N5O3/c1-16-12-21(17(2)27(16)13-18-6-4-3-5-7-18)22(29)14-26-15-24-23(25-26)19-8-10-20(11-9-19)28(30)31/h3-12,15H,13-14H2,1-2H3. The third-order valence-corrected chi connectivity index (χ3v) is 5.24. The fourth-order valence-electron chi connectivity index (χ4n) is 3.56. The summed E-state index contributed by atoms with van der Waals surface area (Å²) in [6, 6.07) is 18.0. The highest BCUT2D eigenvalue weighted by Gasteiger charge is 2.17. The van der Waals surface area contributed by atoms with E-state index in [0.717, 1.165) is 11.4 Å². The first-order valence-electron chi connectivity index (χ1n) is 9.80. The summed E-state index contributed by atoms with van der Waals surface area (Å²) in [7, 11) is 0. The van der Waals surface area contributed by atoms with Gasteiger partial charge in [0, 0.05) is 41.2 Å². The molecule has 8 heteroatoms. The van der Waals surface area contributed by atoms with Crippen molar-refractivity contribution >= 4 is 11.5 Å². The van der Waals surface area contributed by atoms with Crippen molar-refractivity contribution in [3.63, 3.8) is 0 Å². The van der Waals surface area contributed by atoms with Gasteiger partial charge in [0.15, 0.2) is 11.6 Å². The van der Waals surface area contributed by atoms with Crippen LogP contribution in [-0.2, 0) is 13.1 Å². The van der Waals surface area contributed by atoms with Crippen LogP contribution in [0.15, 0.2) is 67.0 Å². The van der Waals surface area contributed by atoms with Gasteiger partial charge in [-0.05, 0) is 37.6 Å². The van der Waals surface area contributed by atoms with E-state index in [-0.39, 0.29) is 18.0 Å². The van der Waals surface area contributed by atoms with E-state index >= 15 is 0 Å². The minimum Gasteiger partial charge on any atom is -0.344 e. The van der Waals surface area contributed by atoms with E-state index in [1.165, 1.54) is 28.7 Å². The summed E-state index contributed by atoms with van der Waals surface area (Å²) in [6.45, 7) is 4.72. The van der Waals surface area contributed by atoms with E-state index in [2.05, 4.69) is 26.8 Å². The third-order valence-electron chi connectivity index (χ3n) is 5.24. The van der Waals surface area contributed by atoms with Gasteiger partial charge in [0.25, 0.3) is 5.69 Å². The van der Waals surface area contributed by atoms with Gasteiger partial charge in [-0.15, -0.1) is 0 Å². The number of nitro groups is 1. The molecule has 0 radical (unpaired) electrons. The Morgan fingerprint density at radius 2 is 1.77 bits per heavy atom. The maximum atomic E-state index is 12.9. The van der Waals surface area contributed by atoms with Gasteiger partial charge >= 0.3 is 0 Å². The van der Waals surface area contributed by atoms with Crippen LogP contribution in [0.4, 0.5) is 5.69 Å². The van der Waals surface area contributed by atoms with Crippen LogP contribution >= 0.6 is 0 Å². The third kappa shape index (κ3) is 4.28. The number of nitrogens with zero attached hydrogens (tertiary/aromatic N) is 5. The molecule has 4 aromatic rings. The van der Waals surface area contributed by atoms with Gasteiger partial charge in [-0.25, -0.2) is 9.67 Å². The number of carbonyl (C=O) groups is 1. The first-order chi connectivity index (χ1) is 14.9. The van der Waals surface area contributed by atoms with Crippen molar-refractivity contribution in [2.24, 2.45) is 0 Å². The number of non-ortho nitro benzene ring substituents is 1. The normalized spacial score (nSPS) is 10.9. The highest BCUT2D eigenvalue weighted by atomic mass is 16.6. The number of hydrogen-bond acceptors (Lipinski definition) is 5. The zero-order valence-corrected chi connectivity index (χ0v) is 17.2. The molecule has 0 spiro atoms. The fourth-order valence-corrected chi connectivity index (χ4v) is 3.56. The van der Waals surface area contributed by atoms with Crippen LogP contribution in [0.25, 0.3) is 11.4 Å². The van der Waals surface area contributed by atoms with Crippen LogP contribution in [0.5, 0.6) is 0 Å². The van der Waals surface area contributed by atoms with Gasteiger partial charge < -0.3 is 4.57 Å². The zero-order chi connectivity index (χ0) is 22.0. The fraction of sp³-hybridized carbons (Fsp3) is 0.174. The molecule has 2 heterocycles. The maximum Gasteiger partial charge on any atom is 0.269 e. The van der Waals surface area contributed by atoms with E-state index in [4.69, 9.17) is 0 Å². The van der Waals surface area contributed by atoms with Crippen LogP contribution in [0.1, 0.15) is 27.3 Å². The number of aryl methyl sites for hydroxylation is 1. The second-order valence-corrected chi connectivity index (χ2v) is 7.35. The summed E-state index contributed by atoms with van der Waals surface area (Å²) in [6.07, 6.45) is 1.50. The molecule has 0 fully saturated rings. The second-order valence-electron chi connectivity index (χ2n) is 7.35. The highest BCUT2D eigenvalue weighted by molar-refractivity contribution is 5.97. The van der Waals surface area contributed by atoms with Gasteiger partial charge in [0.05, 0.1) is 4.92 Å². The van der Waals surface area contributed by atoms with Gasteiger partial charge in [0.1, 0.15) is 12.9 Å². The zero-order valence-electron chi connectivity index (χ0n) is 17.2. The predicted molar refractivity (Wildman–Crippen MR) is 116 cm³/mol. The molecule has 0 unspecified atom stereocenters. The Morgan fingerprint density at radius 1 is 1.06 bits per heavy atom. The lowest BCUT2D eigenvalue weighted by Gasteiger charge is -2.10. The molecule has 0 saturated carbocycles. The Morgan fingerprint density at radius 3 is 2.45 bits per heavy atom. The molecule has 0 bridgehead atoms. The van der Waals surface area contributed by atoms with Crippen molar-refractivity contribution in [1.82, 2.24) is 19.3 Å². The van der Waals surface area contributed by atoms with Gasteiger partial charge in [-0.3, -0.25) is 14.9 Å². The molecule has 0 aliphatic rings. The monoisotopic (exact) mass is 415 g/mol. The smallest absolute Gasteiger partial charge is 0.269 e. The molecule has 0 saturated heterocycles. The van der Waals surface area contributed by atoms with Crippen molar-refractivity contribution in [1.29, 1.82) is 0 Å².